The first kappa shape index (κ1) is 20.0. The summed E-state index contributed by atoms with van der Waals surface area (Å²) in [4.78, 5) is 24.6. The molecule has 2 unspecified atom stereocenters. The van der Waals surface area contributed by atoms with Gasteiger partial charge in [-0.05, 0) is 25.7 Å². The number of rotatable bonds is 5. The van der Waals surface area contributed by atoms with Crippen molar-refractivity contribution < 1.29 is 36.3 Å². The van der Waals surface area contributed by atoms with Crippen LogP contribution in [-0.4, -0.2) is 72.2 Å². The Morgan fingerprint density at radius 1 is 1.28 bits per heavy atom. The second-order valence-corrected chi connectivity index (χ2v) is 8.52. The van der Waals surface area contributed by atoms with Crippen LogP contribution in [0.15, 0.2) is 0 Å². The third kappa shape index (κ3) is 3.48. The number of carbonyl (C=O) groups excluding carboxylic acids is 1. The lowest BCUT2D eigenvalue weighted by atomic mass is 9.86. The summed E-state index contributed by atoms with van der Waals surface area (Å²) in [5.41, 5.74) is -2.99. The van der Waals surface area contributed by atoms with E-state index in [1.165, 1.54) is 0 Å². The molecule has 144 valence electrons. The van der Waals surface area contributed by atoms with Gasteiger partial charge in [-0.25, -0.2) is 8.42 Å². The molecule has 11 heteroatoms. The minimum Gasteiger partial charge on any atom is -0.481 e. The Hall–Kier alpha value is -1.36. The van der Waals surface area contributed by atoms with Gasteiger partial charge in [-0.15, -0.1) is 0 Å². The highest BCUT2D eigenvalue weighted by Crippen LogP contribution is 2.46. The number of carbonyl (C=O) groups is 2. The van der Waals surface area contributed by atoms with Crippen molar-refractivity contribution in [2.75, 3.05) is 25.4 Å². The van der Waals surface area contributed by atoms with Crippen LogP contribution >= 0.6 is 0 Å². The predicted octanol–water partition coefficient (Wildman–Crippen LogP) is 1.06. The highest BCUT2D eigenvalue weighted by molar-refractivity contribution is 7.89. The molecular weight excluding hydrogens is 365 g/mol. The molecule has 0 aromatic carbocycles. The highest BCUT2D eigenvalue weighted by atomic mass is 32.2. The molecule has 7 nitrogen and oxygen atoms in total. The fourth-order valence-electron chi connectivity index (χ4n) is 3.43. The van der Waals surface area contributed by atoms with Gasteiger partial charge in [0.15, 0.2) is 5.41 Å². The fraction of sp³-hybridized carbons (Fsp3) is 0.857. The normalized spacial score (nSPS) is 28.5. The zero-order valence-corrected chi connectivity index (χ0v) is 14.6. The predicted molar refractivity (Wildman–Crippen MR) is 81.1 cm³/mol. The quantitative estimate of drug-likeness (QED) is 0.762. The first-order valence-electron chi connectivity index (χ1n) is 8.05. The van der Waals surface area contributed by atoms with E-state index >= 15 is 0 Å². The van der Waals surface area contributed by atoms with Gasteiger partial charge in [-0.2, -0.15) is 17.5 Å². The Balaban J connectivity index is 2.20. The monoisotopic (exact) mass is 386 g/mol. The van der Waals surface area contributed by atoms with Gasteiger partial charge in [0.25, 0.3) is 0 Å². The van der Waals surface area contributed by atoms with Gasteiger partial charge in [0.05, 0.1) is 5.75 Å². The van der Waals surface area contributed by atoms with E-state index in [0.717, 1.165) is 9.21 Å². The molecule has 0 radical (unpaired) electrons. The van der Waals surface area contributed by atoms with Gasteiger partial charge in [-0.3, -0.25) is 9.59 Å². The van der Waals surface area contributed by atoms with Crippen molar-refractivity contribution in [1.29, 1.82) is 0 Å². The minimum absolute atomic E-state index is 0.140. The molecular formula is C14H21F3N2O5S. The lowest BCUT2D eigenvalue weighted by Crippen LogP contribution is -2.51. The average Bonchev–Trinajstić information content (AvgIpc) is 3.14. The molecule has 2 heterocycles. The molecule has 0 aromatic heterocycles. The Labute approximate surface area is 143 Å². The molecule has 0 spiro atoms. The van der Waals surface area contributed by atoms with Gasteiger partial charge in [0.1, 0.15) is 6.04 Å². The number of nitrogens with zero attached hydrogens (tertiary/aromatic N) is 2. The molecule has 1 N–H and O–H groups in total. The Morgan fingerprint density at radius 2 is 1.92 bits per heavy atom. The third-order valence-electron chi connectivity index (χ3n) is 4.84. The van der Waals surface area contributed by atoms with E-state index in [-0.39, 0.29) is 25.3 Å². The van der Waals surface area contributed by atoms with Crippen molar-refractivity contribution in [2.24, 2.45) is 5.41 Å². The first-order chi connectivity index (χ1) is 11.5. The zero-order chi connectivity index (χ0) is 19.0. The Bertz CT molecular complexity index is 651. The summed E-state index contributed by atoms with van der Waals surface area (Å²) in [6.45, 7) is 0.483. The summed E-state index contributed by atoms with van der Waals surface area (Å²) in [5, 5.41) is 9.05. The van der Waals surface area contributed by atoms with Crippen LogP contribution in [0, 0.1) is 5.41 Å². The molecule has 2 rings (SSSR count). The number of carboxylic acid groups (broad SMARTS) is 1. The topological polar surface area (TPSA) is 95.0 Å². The number of hydrogen-bond donors (Lipinski definition) is 1. The summed E-state index contributed by atoms with van der Waals surface area (Å²) >= 11 is 0. The summed E-state index contributed by atoms with van der Waals surface area (Å²) < 4.78 is 65.2. The third-order valence-corrected chi connectivity index (χ3v) is 6.92. The van der Waals surface area contributed by atoms with Crippen LogP contribution in [0.1, 0.15) is 32.6 Å². The van der Waals surface area contributed by atoms with Gasteiger partial charge in [0.2, 0.25) is 15.9 Å². The second kappa shape index (κ2) is 6.75. The molecule has 25 heavy (non-hydrogen) atoms. The van der Waals surface area contributed by atoms with Crippen LogP contribution in [-0.2, 0) is 19.6 Å². The maximum Gasteiger partial charge on any atom is 0.406 e. The van der Waals surface area contributed by atoms with Crippen LogP contribution in [0.3, 0.4) is 0 Å². The molecule has 2 aliphatic heterocycles. The number of alkyl halides is 3. The molecule has 0 bridgehead atoms. The van der Waals surface area contributed by atoms with Gasteiger partial charge in [0, 0.05) is 19.6 Å². The SMILES string of the molecule is CCCS(=O)(=O)N1CCCC1C(=O)N1CCC(C(=O)O)(C(F)(F)F)C1. The molecule has 0 aliphatic carbocycles. The summed E-state index contributed by atoms with van der Waals surface area (Å²) in [7, 11) is -3.66. The number of halogens is 3. The average molecular weight is 386 g/mol. The van der Waals surface area contributed by atoms with Crippen LogP contribution in [0.2, 0.25) is 0 Å². The number of likely N-dealkylation sites (tertiary alicyclic amines) is 1. The van der Waals surface area contributed by atoms with Crippen molar-refractivity contribution in [1.82, 2.24) is 9.21 Å². The fourth-order valence-corrected chi connectivity index (χ4v) is 5.17. The lowest BCUT2D eigenvalue weighted by molar-refractivity contribution is -0.227. The van der Waals surface area contributed by atoms with E-state index in [9.17, 15) is 31.2 Å². The van der Waals surface area contributed by atoms with E-state index in [4.69, 9.17) is 5.11 Å². The van der Waals surface area contributed by atoms with Gasteiger partial charge in [-0.1, -0.05) is 6.92 Å². The molecule has 1 amide bonds. The highest BCUT2D eigenvalue weighted by Gasteiger charge is 2.64. The number of sulfonamides is 1. The first-order valence-corrected chi connectivity index (χ1v) is 9.65. The van der Waals surface area contributed by atoms with E-state index in [1.54, 1.807) is 6.92 Å². The van der Waals surface area contributed by atoms with Crippen LogP contribution < -0.4 is 0 Å². The zero-order valence-electron chi connectivity index (χ0n) is 13.8. The van der Waals surface area contributed by atoms with Crippen molar-refractivity contribution in [3.8, 4) is 0 Å². The molecule has 0 aromatic rings. The van der Waals surface area contributed by atoms with Crippen LogP contribution in [0.5, 0.6) is 0 Å². The summed E-state index contributed by atoms with van der Waals surface area (Å²) in [6, 6.07) is -1.05. The molecule has 2 atom stereocenters. The van der Waals surface area contributed by atoms with Crippen molar-refractivity contribution >= 4 is 21.9 Å². The molecule has 2 fully saturated rings. The summed E-state index contributed by atoms with van der Waals surface area (Å²) in [5.74, 6) is -2.90. The smallest absolute Gasteiger partial charge is 0.406 e. The maximum atomic E-state index is 13.2. The Morgan fingerprint density at radius 3 is 2.40 bits per heavy atom. The van der Waals surface area contributed by atoms with E-state index in [2.05, 4.69) is 0 Å². The van der Waals surface area contributed by atoms with E-state index in [1.807, 2.05) is 0 Å². The molecule has 2 saturated heterocycles. The van der Waals surface area contributed by atoms with E-state index < -0.39 is 52.5 Å². The van der Waals surface area contributed by atoms with Crippen LogP contribution in [0.4, 0.5) is 13.2 Å². The number of hydrogen-bond acceptors (Lipinski definition) is 4. The lowest BCUT2D eigenvalue weighted by Gasteiger charge is -2.30. The van der Waals surface area contributed by atoms with Crippen molar-refractivity contribution in [3.63, 3.8) is 0 Å². The van der Waals surface area contributed by atoms with Gasteiger partial charge >= 0.3 is 12.1 Å². The molecule has 2 aliphatic rings. The van der Waals surface area contributed by atoms with E-state index in [0.29, 0.717) is 12.8 Å². The second-order valence-electron chi connectivity index (χ2n) is 6.48. The molecule has 0 saturated carbocycles. The number of aliphatic carboxylic acids is 1. The summed E-state index contributed by atoms with van der Waals surface area (Å²) in [6.07, 6.45) is -4.69. The van der Waals surface area contributed by atoms with Crippen molar-refractivity contribution in [2.45, 2.75) is 44.8 Å². The number of amides is 1. The minimum atomic E-state index is -4.99. The Kier molecular flexibility index (Phi) is 5.39. The largest absolute Gasteiger partial charge is 0.481 e. The number of carboxylic acids is 1. The maximum absolute atomic E-state index is 13.2. The van der Waals surface area contributed by atoms with Crippen molar-refractivity contribution in [3.05, 3.63) is 0 Å². The van der Waals surface area contributed by atoms with Crippen LogP contribution in [0.25, 0.3) is 0 Å². The standard InChI is InChI=1S/C14H21F3N2O5S/c1-2-8-25(23,24)19-6-3-4-10(19)11(20)18-7-5-13(9-18,12(21)22)14(15,16)17/h10H,2-9H2,1H3,(H,21,22). The van der Waals surface area contributed by atoms with Gasteiger partial charge < -0.3 is 10.0 Å².